The van der Waals surface area contributed by atoms with Crippen LogP contribution in [-0.2, 0) is 0 Å². The highest BCUT2D eigenvalue weighted by Gasteiger charge is 2.31. The second-order valence-electron chi connectivity index (χ2n) is 2.76. The molecule has 0 aliphatic heterocycles. The van der Waals surface area contributed by atoms with E-state index in [0.29, 0.717) is 9.83 Å². The van der Waals surface area contributed by atoms with E-state index in [4.69, 9.17) is 5.11 Å². The molecule has 0 unspecified atom stereocenters. The minimum absolute atomic E-state index is 0.231. The van der Waals surface area contributed by atoms with Gasteiger partial charge in [-0.1, -0.05) is 0 Å². The lowest BCUT2D eigenvalue weighted by atomic mass is 10.3. The molecule has 0 radical (unpaired) electrons. The van der Waals surface area contributed by atoms with Gasteiger partial charge in [-0.2, -0.15) is 0 Å². The molecule has 3 nitrogen and oxygen atoms in total. The fourth-order valence-electron chi connectivity index (χ4n) is 1.08. The molecular formula is C7H6BrNO2S. The fourth-order valence-corrected chi connectivity index (χ4v) is 2.73. The van der Waals surface area contributed by atoms with Crippen molar-refractivity contribution in [2.45, 2.75) is 18.8 Å². The number of carbonyl (C=O) groups is 1. The summed E-state index contributed by atoms with van der Waals surface area (Å²) in [6.45, 7) is 0. The Hall–Kier alpha value is -0.420. The first kappa shape index (κ1) is 8.19. The number of aromatic carboxylic acids is 1. The molecule has 2 rings (SSSR count). The second kappa shape index (κ2) is 2.81. The third kappa shape index (κ3) is 1.38. The minimum Gasteiger partial charge on any atom is -0.476 e. The van der Waals surface area contributed by atoms with Gasteiger partial charge >= 0.3 is 5.97 Å². The van der Waals surface area contributed by atoms with E-state index >= 15 is 0 Å². The Bertz CT molecular complexity index is 332. The number of halogens is 1. The summed E-state index contributed by atoms with van der Waals surface area (Å²) in [6.07, 6.45) is 2.21. The maximum absolute atomic E-state index is 10.7. The van der Waals surface area contributed by atoms with E-state index in [-0.39, 0.29) is 5.69 Å². The van der Waals surface area contributed by atoms with Crippen LogP contribution in [0.4, 0.5) is 0 Å². The van der Waals surface area contributed by atoms with Crippen LogP contribution in [0.15, 0.2) is 3.92 Å². The molecule has 1 heterocycles. The van der Waals surface area contributed by atoms with Crippen molar-refractivity contribution in [2.75, 3.05) is 0 Å². The van der Waals surface area contributed by atoms with Gasteiger partial charge in [-0.3, -0.25) is 0 Å². The highest BCUT2D eigenvalue weighted by Crippen LogP contribution is 2.45. The van der Waals surface area contributed by atoms with Gasteiger partial charge in [-0.15, -0.1) is 11.3 Å². The van der Waals surface area contributed by atoms with Crippen molar-refractivity contribution < 1.29 is 9.90 Å². The van der Waals surface area contributed by atoms with Crippen molar-refractivity contribution in [1.29, 1.82) is 0 Å². The first-order valence-electron chi connectivity index (χ1n) is 3.58. The number of carboxylic acid groups (broad SMARTS) is 1. The Labute approximate surface area is 81.6 Å². The van der Waals surface area contributed by atoms with Crippen LogP contribution < -0.4 is 0 Å². The van der Waals surface area contributed by atoms with Crippen LogP contribution in [0, 0.1) is 0 Å². The molecule has 0 aromatic carbocycles. The summed E-state index contributed by atoms with van der Waals surface area (Å²) in [7, 11) is 0. The average Bonchev–Trinajstić information content (AvgIpc) is 2.75. The topological polar surface area (TPSA) is 50.2 Å². The number of hydrogen-bond donors (Lipinski definition) is 1. The van der Waals surface area contributed by atoms with E-state index in [2.05, 4.69) is 20.9 Å². The Morgan fingerprint density at radius 1 is 1.67 bits per heavy atom. The Kier molecular flexibility index (Phi) is 1.92. The number of carboxylic acids is 1. The van der Waals surface area contributed by atoms with Gasteiger partial charge in [-0.05, 0) is 34.7 Å². The van der Waals surface area contributed by atoms with Gasteiger partial charge in [0.2, 0.25) is 0 Å². The molecule has 0 bridgehead atoms. The maximum atomic E-state index is 10.7. The first-order valence-corrected chi connectivity index (χ1v) is 5.19. The number of nitrogens with zero attached hydrogens (tertiary/aromatic N) is 1. The lowest BCUT2D eigenvalue weighted by Crippen LogP contribution is -1.99. The van der Waals surface area contributed by atoms with E-state index in [1.54, 1.807) is 0 Å². The summed E-state index contributed by atoms with van der Waals surface area (Å²) < 4.78 is 0.668. The van der Waals surface area contributed by atoms with Crippen molar-refractivity contribution in [3.05, 3.63) is 14.5 Å². The fraction of sp³-hybridized carbons (Fsp3) is 0.429. The molecule has 0 saturated heterocycles. The van der Waals surface area contributed by atoms with Crippen LogP contribution in [0.1, 0.15) is 34.1 Å². The zero-order valence-electron chi connectivity index (χ0n) is 6.08. The van der Waals surface area contributed by atoms with Gasteiger partial charge in [-0.25, -0.2) is 9.78 Å². The van der Waals surface area contributed by atoms with Crippen LogP contribution in [-0.4, -0.2) is 16.1 Å². The van der Waals surface area contributed by atoms with Gasteiger partial charge in [0.15, 0.2) is 9.61 Å². The molecule has 64 valence electrons. The molecular weight excluding hydrogens is 242 g/mol. The summed E-state index contributed by atoms with van der Waals surface area (Å²) >= 11 is 4.63. The minimum atomic E-state index is -0.918. The third-order valence-corrected chi connectivity index (χ3v) is 3.45. The maximum Gasteiger partial charge on any atom is 0.355 e. The molecule has 0 spiro atoms. The second-order valence-corrected chi connectivity index (χ2v) is 5.07. The quantitative estimate of drug-likeness (QED) is 0.874. The molecule has 12 heavy (non-hydrogen) atoms. The summed E-state index contributed by atoms with van der Waals surface area (Å²) in [4.78, 5) is 15.5. The highest BCUT2D eigenvalue weighted by atomic mass is 79.9. The highest BCUT2D eigenvalue weighted by molar-refractivity contribution is 9.11. The first-order chi connectivity index (χ1) is 5.68. The lowest BCUT2D eigenvalue weighted by Gasteiger charge is -1.91. The van der Waals surface area contributed by atoms with Crippen LogP contribution in [0.25, 0.3) is 0 Å². The predicted molar refractivity (Wildman–Crippen MR) is 48.7 cm³/mol. The van der Waals surface area contributed by atoms with Crippen molar-refractivity contribution in [3.8, 4) is 0 Å². The third-order valence-electron chi connectivity index (χ3n) is 1.78. The molecule has 1 fully saturated rings. The van der Waals surface area contributed by atoms with Crippen LogP contribution in [0.2, 0.25) is 0 Å². The molecule has 1 aromatic heterocycles. The van der Waals surface area contributed by atoms with Crippen molar-refractivity contribution >= 4 is 33.2 Å². The van der Waals surface area contributed by atoms with E-state index < -0.39 is 5.97 Å². The zero-order chi connectivity index (χ0) is 8.72. The molecule has 1 N–H and O–H groups in total. The van der Waals surface area contributed by atoms with Gasteiger partial charge < -0.3 is 5.11 Å². The van der Waals surface area contributed by atoms with Crippen molar-refractivity contribution in [1.82, 2.24) is 4.98 Å². The molecule has 5 heteroatoms. The normalized spacial score (nSPS) is 16.4. The van der Waals surface area contributed by atoms with Gasteiger partial charge in [0.25, 0.3) is 0 Å². The molecule has 1 aliphatic carbocycles. The van der Waals surface area contributed by atoms with E-state index in [1.807, 2.05) is 0 Å². The van der Waals surface area contributed by atoms with Crippen molar-refractivity contribution in [2.24, 2.45) is 0 Å². The standard InChI is InChI=1S/C7H6BrNO2S/c8-7-9-4(6(10)11)5(12-7)3-1-2-3/h3H,1-2H2,(H,10,11). The van der Waals surface area contributed by atoms with Crippen LogP contribution >= 0.6 is 27.3 Å². The molecule has 1 saturated carbocycles. The van der Waals surface area contributed by atoms with Crippen molar-refractivity contribution in [3.63, 3.8) is 0 Å². The largest absolute Gasteiger partial charge is 0.476 e. The zero-order valence-corrected chi connectivity index (χ0v) is 8.48. The Morgan fingerprint density at radius 3 is 2.83 bits per heavy atom. The SMILES string of the molecule is O=C(O)c1nc(Br)sc1C1CC1. The van der Waals surface area contributed by atoms with E-state index in [1.165, 1.54) is 11.3 Å². The average molecular weight is 248 g/mol. The summed E-state index contributed by atoms with van der Waals surface area (Å²) in [6, 6.07) is 0. The summed E-state index contributed by atoms with van der Waals surface area (Å²) in [5.41, 5.74) is 0.231. The number of rotatable bonds is 2. The summed E-state index contributed by atoms with van der Waals surface area (Å²) in [5.74, 6) is -0.459. The molecule has 0 amide bonds. The lowest BCUT2D eigenvalue weighted by molar-refractivity contribution is 0.0690. The van der Waals surface area contributed by atoms with E-state index in [0.717, 1.165) is 17.7 Å². The van der Waals surface area contributed by atoms with Gasteiger partial charge in [0.1, 0.15) is 0 Å². The number of hydrogen-bond acceptors (Lipinski definition) is 3. The summed E-state index contributed by atoms with van der Waals surface area (Å²) in [5, 5.41) is 8.78. The van der Waals surface area contributed by atoms with Crippen LogP contribution in [0.5, 0.6) is 0 Å². The van der Waals surface area contributed by atoms with Gasteiger partial charge in [0.05, 0.1) is 0 Å². The predicted octanol–water partition coefficient (Wildman–Crippen LogP) is 2.48. The Balaban J connectivity index is 2.43. The monoisotopic (exact) mass is 247 g/mol. The van der Waals surface area contributed by atoms with Gasteiger partial charge in [0, 0.05) is 4.88 Å². The molecule has 0 atom stereocenters. The molecule has 1 aromatic rings. The molecule has 1 aliphatic rings. The van der Waals surface area contributed by atoms with E-state index in [9.17, 15) is 4.79 Å². The number of aromatic nitrogens is 1. The Morgan fingerprint density at radius 2 is 2.33 bits per heavy atom. The smallest absolute Gasteiger partial charge is 0.355 e. The van der Waals surface area contributed by atoms with Crippen LogP contribution in [0.3, 0.4) is 0 Å². The number of thiazole rings is 1.